The highest BCUT2D eigenvalue weighted by molar-refractivity contribution is 5.88. The topological polar surface area (TPSA) is 156 Å². The van der Waals surface area contributed by atoms with Gasteiger partial charge in [-0.15, -0.1) is 0 Å². The van der Waals surface area contributed by atoms with Crippen LogP contribution in [0.2, 0.25) is 0 Å². The molecule has 2 heterocycles. The summed E-state index contributed by atoms with van der Waals surface area (Å²) < 4.78 is 21.0. The maximum Gasteiger partial charge on any atom is 0.336 e. The van der Waals surface area contributed by atoms with E-state index in [4.69, 9.17) is 23.7 Å². The van der Waals surface area contributed by atoms with E-state index in [1.54, 1.807) is 6.92 Å². The number of aliphatic hydroxyl groups is 3. The minimum Gasteiger partial charge on any atom is -0.496 e. The standard InChI is InChI=1S/C17H18O10/c1-6-3-10(18)25-8-4-7(24-2)5-9(11(6)8)26-17-14(21)12(19)13(20)15(27-17)16(22)23/h3-5,12-15,17,19-21H,1-2H3,(H,22,23)/t12-,13-,14+,15-,17+/m0/s1. The van der Waals surface area contributed by atoms with Crippen molar-refractivity contribution in [2.24, 2.45) is 0 Å². The van der Waals surface area contributed by atoms with Gasteiger partial charge in [0.1, 0.15) is 35.4 Å². The maximum atomic E-state index is 11.6. The number of hydrogen-bond acceptors (Lipinski definition) is 9. The molecule has 0 bridgehead atoms. The summed E-state index contributed by atoms with van der Waals surface area (Å²) in [4.78, 5) is 22.8. The van der Waals surface area contributed by atoms with Crippen LogP contribution < -0.4 is 15.1 Å². The Balaban J connectivity index is 2.05. The third-order valence-corrected chi connectivity index (χ3v) is 4.27. The van der Waals surface area contributed by atoms with E-state index in [1.807, 2.05) is 0 Å². The molecule has 0 radical (unpaired) electrons. The van der Waals surface area contributed by atoms with Crippen LogP contribution in [0.5, 0.6) is 11.5 Å². The van der Waals surface area contributed by atoms with Gasteiger partial charge in [0.25, 0.3) is 0 Å². The molecule has 146 valence electrons. The highest BCUT2D eigenvalue weighted by Gasteiger charge is 2.48. The van der Waals surface area contributed by atoms with E-state index in [9.17, 15) is 24.9 Å². The fraction of sp³-hybridized carbons (Fsp3) is 0.412. The summed E-state index contributed by atoms with van der Waals surface area (Å²) in [5, 5.41) is 39.3. The van der Waals surface area contributed by atoms with Gasteiger partial charge in [0.15, 0.2) is 6.10 Å². The minimum atomic E-state index is -1.83. The average Bonchev–Trinajstić information content (AvgIpc) is 2.60. The molecule has 0 saturated carbocycles. The van der Waals surface area contributed by atoms with Crippen molar-refractivity contribution in [3.8, 4) is 11.5 Å². The third kappa shape index (κ3) is 3.47. The fourth-order valence-corrected chi connectivity index (χ4v) is 2.91. The van der Waals surface area contributed by atoms with E-state index in [0.717, 1.165) is 0 Å². The summed E-state index contributed by atoms with van der Waals surface area (Å²) >= 11 is 0. The van der Waals surface area contributed by atoms with Crippen molar-refractivity contribution in [3.05, 3.63) is 34.2 Å². The number of hydrogen-bond donors (Lipinski definition) is 4. The highest BCUT2D eigenvalue weighted by atomic mass is 16.7. The zero-order valence-electron chi connectivity index (χ0n) is 14.4. The first kappa shape index (κ1) is 19.1. The van der Waals surface area contributed by atoms with E-state index in [2.05, 4.69) is 0 Å². The Hall–Kier alpha value is -2.66. The summed E-state index contributed by atoms with van der Waals surface area (Å²) in [6, 6.07) is 4.13. The number of fused-ring (bicyclic) bond motifs is 1. The molecular weight excluding hydrogens is 364 g/mol. The van der Waals surface area contributed by atoms with Crippen molar-refractivity contribution in [2.45, 2.75) is 37.6 Å². The molecule has 0 unspecified atom stereocenters. The van der Waals surface area contributed by atoms with E-state index in [1.165, 1.54) is 25.3 Å². The van der Waals surface area contributed by atoms with Gasteiger partial charge in [-0.25, -0.2) is 9.59 Å². The molecule has 4 N–H and O–H groups in total. The third-order valence-electron chi connectivity index (χ3n) is 4.27. The zero-order valence-corrected chi connectivity index (χ0v) is 14.4. The molecule has 2 aromatic rings. The molecule has 3 rings (SSSR count). The molecule has 1 saturated heterocycles. The smallest absolute Gasteiger partial charge is 0.336 e. The second-order valence-corrected chi connectivity index (χ2v) is 6.10. The van der Waals surface area contributed by atoms with E-state index in [0.29, 0.717) is 10.9 Å². The van der Waals surface area contributed by atoms with Gasteiger partial charge in [-0.1, -0.05) is 0 Å². The van der Waals surface area contributed by atoms with Gasteiger partial charge in [0.2, 0.25) is 6.29 Å². The monoisotopic (exact) mass is 382 g/mol. The Labute approximate surface area is 152 Å². The normalized spacial score (nSPS) is 28.1. The minimum absolute atomic E-state index is 0.0716. The van der Waals surface area contributed by atoms with E-state index in [-0.39, 0.29) is 17.1 Å². The zero-order chi connectivity index (χ0) is 19.9. The fourth-order valence-electron chi connectivity index (χ4n) is 2.91. The van der Waals surface area contributed by atoms with Crippen LogP contribution in [0.4, 0.5) is 0 Å². The van der Waals surface area contributed by atoms with Crippen LogP contribution in [0.15, 0.2) is 27.4 Å². The lowest BCUT2D eigenvalue weighted by atomic mass is 9.99. The SMILES string of the molecule is COc1cc(O[C@@H]2O[C@H](C(=O)O)[C@@H](O)[C@H](O)[C@H]2O)c2c(C)cc(=O)oc2c1. The van der Waals surface area contributed by atoms with Crippen molar-refractivity contribution in [1.29, 1.82) is 0 Å². The van der Waals surface area contributed by atoms with Crippen molar-refractivity contribution in [3.63, 3.8) is 0 Å². The molecule has 0 spiro atoms. The summed E-state index contributed by atoms with van der Waals surface area (Å²) in [6.45, 7) is 1.63. The predicted molar refractivity (Wildman–Crippen MR) is 88.7 cm³/mol. The van der Waals surface area contributed by atoms with Crippen LogP contribution >= 0.6 is 0 Å². The van der Waals surface area contributed by atoms with Gasteiger partial charge in [-0.3, -0.25) is 0 Å². The molecule has 5 atom stereocenters. The number of carboxylic acids is 1. The van der Waals surface area contributed by atoms with Gasteiger partial charge in [-0.2, -0.15) is 0 Å². The van der Waals surface area contributed by atoms with Crippen LogP contribution in [-0.2, 0) is 9.53 Å². The lowest BCUT2D eigenvalue weighted by Gasteiger charge is -2.38. The van der Waals surface area contributed by atoms with E-state index < -0.39 is 42.3 Å². The Kier molecular flexibility index (Phi) is 5.07. The molecule has 10 heteroatoms. The first-order valence-electron chi connectivity index (χ1n) is 7.94. The molecule has 27 heavy (non-hydrogen) atoms. The van der Waals surface area contributed by atoms with Crippen LogP contribution in [0.3, 0.4) is 0 Å². The van der Waals surface area contributed by atoms with Gasteiger partial charge in [-0.05, 0) is 12.5 Å². The van der Waals surface area contributed by atoms with Crippen LogP contribution in [0.25, 0.3) is 11.0 Å². The molecule has 0 aliphatic carbocycles. The van der Waals surface area contributed by atoms with E-state index >= 15 is 0 Å². The number of aliphatic hydroxyl groups excluding tert-OH is 3. The van der Waals surface area contributed by atoms with Crippen LogP contribution in [-0.4, -0.2) is 64.2 Å². The number of carbonyl (C=O) groups is 1. The maximum absolute atomic E-state index is 11.6. The Morgan fingerprint density at radius 1 is 1.11 bits per heavy atom. The number of aliphatic carboxylic acids is 1. The number of methoxy groups -OCH3 is 1. The highest BCUT2D eigenvalue weighted by Crippen LogP contribution is 2.35. The summed E-state index contributed by atoms with van der Waals surface area (Å²) in [6.07, 6.45) is -8.77. The average molecular weight is 382 g/mol. The van der Waals surface area contributed by atoms with Crippen LogP contribution in [0, 0.1) is 6.92 Å². The molecule has 1 aliphatic rings. The molecule has 1 fully saturated rings. The Morgan fingerprint density at radius 3 is 2.44 bits per heavy atom. The van der Waals surface area contributed by atoms with Gasteiger partial charge < -0.3 is 39.1 Å². The van der Waals surface area contributed by atoms with Crippen molar-refractivity contribution >= 4 is 16.9 Å². The number of aryl methyl sites for hydroxylation is 1. The molecule has 10 nitrogen and oxygen atoms in total. The lowest BCUT2D eigenvalue weighted by Crippen LogP contribution is -2.61. The molecule has 1 aliphatic heterocycles. The quantitative estimate of drug-likeness (QED) is 0.503. The largest absolute Gasteiger partial charge is 0.496 e. The van der Waals surface area contributed by atoms with Crippen LogP contribution in [0.1, 0.15) is 5.56 Å². The molecule has 0 amide bonds. The van der Waals surface area contributed by atoms with Crippen molar-refractivity contribution in [2.75, 3.05) is 7.11 Å². The first-order valence-corrected chi connectivity index (χ1v) is 7.94. The first-order chi connectivity index (χ1) is 12.7. The van der Waals surface area contributed by atoms with Gasteiger partial charge in [0.05, 0.1) is 12.5 Å². The Bertz CT molecular complexity index is 920. The Morgan fingerprint density at radius 2 is 1.81 bits per heavy atom. The number of benzene rings is 1. The lowest BCUT2D eigenvalue weighted by molar-refractivity contribution is -0.270. The number of rotatable bonds is 4. The summed E-state index contributed by atoms with van der Waals surface area (Å²) in [7, 11) is 1.38. The number of ether oxygens (including phenoxy) is 3. The summed E-state index contributed by atoms with van der Waals surface area (Å²) in [5.74, 6) is -1.19. The van der Waals surface area contributed by atoms with Crippen molar-refractivity contribution < 1.29 is 43.8 Å². The molecular formula is C17H18O10. The summed E-state index contributed by atoms with van der Waals surface area (Å²) in [5.41, 5.74) is 0.0622. The second kappa shape index (κ2) is 7.16. The van der Waals surface area contributed by atoms with Gasteiger partial charge in [0, 0.05) is 18.2 Å². The second-order valence-electron chi connectivity index (χ2n) is 6.10. The van der Waals surface area contributed by atoms with Crippen molar-refractivity contribution in [1.82, 2.24) is 0 Å². The molecule has 1 aromatic carbocycles. The molecule has 1 aromatic heterocycles. The number of carboxylic acid groups (broad SMARTS) is 1. The van der Waals surface area contributed by atoms with Gasteiger partial charge >= 0.3 is 11.6 Å². The predicted octanol–water partition coefficient (Wildman–Crippen LogP) is -0.619.